The quantitative estimate of drug-likeness (QED) is 0.730. The van der Waals surface area contributed by atoms with E-state index in [2.05, 4.69) is 4.99 Å². The van der Waals surface area contributed by atoms with Crippen molar-refractivity contribution in [2.45, 2.75) is 19.9 Å². The summed E-state index contributed by atoms with van der Waals surface area (Å²) >= 11 is 0. The zero-order valence-corrected chi connectivity index (χ0v) is 8.90. The normalized spacial score (nSPS) is 20.3. The first kappa shape index (κ1) is 10.1. The Hall–Kier alpha value is -1.38. The molecule has 2 nitrogen and oxygen atoms in total. The van der Waals surface area contributed by atoms with E-state index in [1.54, 1.807) is 12.1 Å². The van der Waals surface area contributed by atoms with Gasteiger partial charge in [0.2, 0.25) is 0 Å². The zero-order valence-electron chi connectivity index (χ0n) is 8.90. The largest absolute Gasteiger partial charge is 0.478 e. The van der Waals surface area contributed by atoms with Crippen molar-refractivity contribution in [2.75, 3.05) is 6.61 Å². The van der Waals surface area contributed by atoms with E-state index >= 15 is 0 Å². The second kappa shape index (κ2) is 4.01. The first-order valence-corrected chi connectivity index (χ1v) is 5.13. The van der Waals surface area contributed by atoms with E-state index in [9.17, 15) is 4.39 Å². The Labute approximate surface area is 88.8 Å². The summed E-state index contributed by atoms with van der Waals surface area (Å²) in [6, 6.07) is 6.46. The summed E-state index contributed by atoms with van der Waals surface area (Å²) in [7, 11) is 0. The molecule has 80 valence electrons. The third kappa shape index (κ3) is 2.17. The molecule has 1 aromatic rings. The molecular weight excluding hydrogens is 193 g/mol. The van der Waals surface area contributed by atoms with Crippen LogP contribution in [0, 0.1) is 11.7 Å². The summed E-state index contributed by atoms with van der Waals surface area (Å²) in [5, 5.41) is 0. The molecule has 0 radical (unpaired) electrons. The van der Waals surface area contributed by atoms with Gasteiger partial charge >= 0.3 is 0 Å². The van der Waals surface area contributed by atoms with Crippen LogP contribution >= 0.6 is 0 Å². The van der Waals surface area contributed by atoms with Crippen molar-refractivity contribution in [1.82, 2.24) is 0 Å². The average Bonchev–Trinajstić information content (AvgIpc) is 2.68. The van der Waals surface area contributed by atoms with Crippen molar-refractivity contribution in [3.63, 3.8) is 0 Å². The van der Waals surface area contributed by atoms with Gasteiger partial charge in [0.1, 0.15) is 18.5 Å². The maximum atomic E-state index is 12.7. The van der Waals surface area contributed by atoms with Crippen LogP contribution in [0.25, 0.3) is 0 Å². The number of ether oxygens (including phenoxy) is 1. The topological polar surface area (TPSA) is 21.6 Å². The Balaban J connectivity index is 2.17. The van der Waals surface area contributed by atoms with E-state index in [-0.39, 0.29) is 11.9 Å². The van der Waals surface area contributed by atoms with Gasteiger partial charge in [-0.05, 0) is 17.7 Å². The van der Waals surface area contributed by atoms with Crippen LogP contribution in [0.1, 0.15) is 25.5 Å². The molecule has 0 unspecified atom stereocenters. The van der Waals surface area contributed by atoms with E-state index < -0.39 is 0 Å². The summed E-state index contributed by atoms with van der Waals surface area (Å²) in [6.45, 7) is 4.66. The molecule has 1 aromatic carbocycles. The van der Waals surface area contributed by atoms with Crippen LogP contribution < -0.4 is 0 Å². The molecule has 0 aromatic heterocycles. The molecule has 0 amide bonds. The van der Waals surface area contributed by atoms with Gasteiger partial charge in [-0.1, -0.05) is 26.0 Å². The van der Waals surface area contributed by atoms with E-state index in [4.69, 9.17) is 4.74 Å². The first-order valence-electron chi connectivity index (χ1n) is 5.13. The minimum atomic E-state index is -0.217. The Morgan fingerprint density at radius 1 is 1.33 bits per heavy atom. The second-order valence-electron chi connectivity index (χ2n) is 4.00. The molecule has 2 rings (SSSR count). The molecular formula is C12H14FNO. The Morgan fingerprint density at radius 3 is 2.53 bits per heavy atom. The van der Waals surface area contributed by atoms with Gasteiger partial charge < -0.3 is 4.74 Å². The lowest BCUT2D eigenvalue weighted by Gasteiger charge is -2.04. The van der Waals surface area contributed by atoms with Crippen molar-refractivity contribution >= 4 is 5.90 Å². The predicted molar refractivity (Wildman–Crippen MR) is 57.4 cm³/mol. The highest BCUT2D eigenvalue weighted by Crippen LogP contribution is 2.24. The van der Waals surface area contributed by atoms with Crippen LogP contribution in [0.3, 0.4) is 0 Å². The molecule has 0 fully saturated rings. The van der Waals surface area contributed by atoms with Crippen LogP contribution in [0.15, 0.2) is 29.3 Å². The Kier molecular flexibility index (Phi) is 2.71. The van der Waals surface area contributed by atoms with Gasteiger partial charge in [0.25, 0.3) is 0 Å². The van der Waals surface area contributed by atoms with E-state index in [0.29, 0.717) is 12.5 Å². The number of aliphatic imine (C=N–C) groups is 1. The molecule has 0 N–H and O–H groups in total. The van der Waals surface area contributed by atoms with Crippen molar-refractivity contribution < 1.29 is 9.13 Å². The van der Waals surface area contributed by atoms with Gasteiger partial charge in [0.15, 0.2) is 5.90 Å². The number of hydrogen-bond acceptors (Lipinski definition) is 2. The van der Waals surface area contributed by atoms with E-state index in [0.717, 1.165) is 11.5 Å². The first-order chi connectivity index (χ1) is 7.16. The van der Waals surface area contributed by atoms with Crippen molar-refractivity contribution in [3.05, 3.63) is 35.6 Å². The minimum Gasteiger partial charge on any atom is -0.478 e. The summed E-state index contributed by atoms with van der Waals surface area (Å²) < 4.78 is 18.2. The SMILES string of the molecule is CC(C)C1=N[C@@H](c2ccc(F)cc2)CO1. The molecule has 0 aliphatic carbocycles. The maximum absolute atomic E-state index is 12.7. The molecule has 0 saturated carbocycles. The van der Waals surface area contributed by atoms with E-state index in [1.165, 1.54) is 12.1 Å². The highest BCUT2D eigenvalue weighted by molar-refractivity contribution is 5.79. The fraction of sp³-hybridized carbons (Fsp3) is 0.417. The number of nitrogens with zero attached hydrogens (tertiary/aromatic N) is 1. The van der Waals surface area contributed by atoms with E-state index in [1.807, 2.05) is 13.8 Å². The highest BCUT2D eigenvalue weighted by atomic mass is 19.1. The van der Waals surface area contributed by atoms with Gasteiger partial charge in [-0.15, -0.1) is 0 Å². The standard InChI is InChI=1S/C12H14FNO/c1-8(2)12-14-11(7-15-12)9-3-5-10(13)6-4-9/h3-6,8,11H,7H2,1-2H3/t11-/m1/s1. The van der Waals surface area contributed by atoms with Crippen molar-refractivity contribution in [3.8, 4) is 0 Å². The van der Waals surface area contributed by atoms with Gasteiger partial charge in [-0.25, -0.2) is 9.38 Å². The number of hydrogen-bond donors (Lipinski definition) is 0. The maximum Gasteiger partial charge on any atom is 0.186 e. The van der Waals surface area contributed by atoms with Crippen LogP contribution in [0.5, 0.6) is 0 Å². The van der Waals surface area contributed by atoms with Gasteiger partial charge in [-0.2, -0.15) is 0 Å². The monoisotopic (exact) mass is 207 g/mol. The molecule has 1 aliphatic heterocycles. The summed E-state index contributed by atoms with van der Waals surface area (Å²) in [4.78, 5) is 4.46. The molecule has 15 heavy (non-hydrogen) atoms. The molecule has 1 aliphatic rings. The Morgan fingerprint density at radius 2 is 2.00 bits per heavy atom. The smallest absolute Gasteiger partial charge is 0.186 e. The van der Waals surface area contributed by atoms with Gasteiger partial charge in [-0.3, -0.25) is 0 Å². The van der Waals surface area contributed by atoms with Crippen LogP contribution in [-0.4, -0.2) is 12.5 Å². The zero-order chi connectivity index (χ0) is 10.8. The number of rotatable bonds is 2. The van der Waals surface area contributed by atoms with Crippen LogP contribution in [0.4, 0.5) is 4.39 Å². The molecule has 1 heterocycles. The lowest BCUT2D eigenvalue weighted by atomic mass is 10.1. The lowest BCUT2D eigenvalue weighted by Crippen LogP contribution is -2.06. The highest BCUT2D eigenvalue weighted by Gasteiger charge is 2.22. The fourth-order valence-corrected chi connectivity index (χ4v) is 1.56. The lowest BCUT2D eigenvalue weighted by molar-refractivity contribution is 0.303. The second-order valence-corrected chi connectivity index (χ2v) is 4.00. The fourth-order valence-electron chi connectivity index (χ4n) is 1.56. The van der Waals surface area contributed by atoms with Crippen LogP contribution in [0.2, 0.25) is 0 Å². The minimum absolute atomic E-state index is 0.0306. The predicted octanol–water partition coefficient (Wildman–Crippen LogP) is 2.95. The third-order valence-corrected chi connectivity index (χ3v) is 2.42. The average molecular weight is 207 g/mol. The van der Waals surface area contributed by atoms with Crippen LogP contribution in [-0.2, 0) is 4.74 Å². The van der Waals surface area contributed by atoms with Crippen molar-refractivity contribution in [1.29, 1.82) is 0 Å². The van der Waals surface area contributed by atoms with Gasteiger partial charge in [0.05, 0.1) is 0 Å². The molecule has 0 bridgehead atoms. The summed E-state index contributed by atoms with van der Waals surface area (Å²) in [5.41, 5.74) is 1.01. The number of halogens is 1. The summed E-state index contributed by atoms with van der Waals surface area (Å²) in [5.74, 6) is 0.894. The van der Waals surface area contributed by atoms with Crippen molar-refractivity contribution in [2.24, 2.45) is 10.9 Å². The molecule has 3 heteroatoms. The molecule has 0 spiro atoms. The van der Waals surface area contributed by atoms with Gasteiger partial charge in [0, 0.05) is 5.92 Å². The summed E-state index contributed by atoms with van der Waals surface area (Å²) in [6.07, 6.45) is 0. The number of benzene rings is 1. The molecule has 1 atom stereocenters. The third-order valence-electron chi connectivity index (χ3n) is 2.42. The Bertz CT molecular complexity index is 370. The molecule has 0 saturated heterocycles.